The second-order valence-electron chi connectivity index (χ2n) is 9.21. The summed E-state index contributed by atoms with van der Waals surface area (Å²) in [4.78, 5) is 43.2. The normalized spacial score (nSPS) is 14.9. The largest absolute Gasteiger partial charge is 0.493 e. The molecule has 2 heterocycles. The highest BCUT2D eigenvalue weighted by Crippen LogP contribution is 2.37. The molecule has 0 bridgehead atoms. The van der Waals surface area contributed by atoms with Gasteiger partial charge in [0.2, 0.25) is 0 Å². The number of fused-ring (bicyclic) bond motifs is 1. The van der Waals surface area contributed by atoms with Gasteiger partial charge in [-0.1, -0.05) is 45.5 Å². The van der Waals surface area contributed by atoms with Crippen LogP contribution in [0.1, 0.15) is 44.9 Å². The number of para-hydroxylation sites is 1. The molecule has 0 fully saturated rings. The van der Waals surface area contributed by atoms with Gasteiger partial charge in [-0.2, -0.15) is 0 Å². The minimum Gasteiger partial charge on any atom is -0.493 e. The van der Waals surface area contributed by atoms with Crippen molar-refractivity contribution in [3.8, 4) is 17.2 Å². The van der Waals surface area contributed by atoms with Gasteiger partial charge >= 0.3 is 11.9 Å². The molecule has 41 heavy (non-hydrogen) atoms. The van der Waals surface area contributed by atoms with Crippen LogP contribution in [0.3, 0.4) is 0 Å². The molecule has 1 N–H and O–H groups in total. The molecular weight excluding hydrogens is 616 g/mol. The average Bonchev–Trinajstić information content (AvgIpc) is 3.22. The molecule has 1 aliphatic rings. The Morgan fingerprint density at radius 3 is 2.59 bits per heavy atom. The predicted molar refractivity (Wildman–Crippen MR) is 156 cm³/mol. The number of hydrogen-bond acceptors (Lipinski definition) is 9. The fraction of sp³-hybridized carbons (Fsp3) is 0.310. The molecule has 0 saturated carbocycles. The number of aromatic nitrogens is 1. The molecule has 0 saturated heterocycles. The van der Waals surface area contributed by atoms with Crippen LogP contribution in [0.25, 0.3) is 6.08 Å². The molecule has 4 rings (SSSR count). The zero-order chi connectivity index (χ0) is 29.8. The SMILES string of the molecule is CCOC(=O)C1=C(C)N=c2s/c(=C/c3cc(OC)c(OCC(=O)O)cc3Br)c(=O)n2[C@H]1c1ccccc1OC(C)C. The lowest BCUT2D eigenvalue weighted by Gasteiger charge is -2.26. The topological polar surface area (TPSA) is 126 Å². The molecule has 0 radical (unpaired) electrons. The summed E-state index contributed by atoms with van der Waals surface area (Å²) in [5.41, 5.74) is 1.58. The fourth-order valence-corrected chi connectivity index (χ4v) is 5.84. The van der Waals surface area contributed by atoms with Crippen LogP contribution in [-0.4, -0.2) is 48.0 Å². The summed E-state index contributed by atoms with van der Waals surface area (Å²) in [6, 6.07) is 9.68. The molecule has 12 heteroatoms. The second kappa shape index (κ2) is 12.7. The smallest absolute Gasteiger partial charge is 0.341 e. The molecule has 0 amide bonds. The van der Waals surface area contributed by atoms with Crippen LogP contribution in [0.5, 0.6) is 17.2 Å². The number of esters is 1. The zero-order valence-corrected chi connectivity index (χ0v) is 25.5. The first-order valence-electron chi connectivity index (χ1n) is 12.7. The molecule has 0 unspecified atom stereocenters. The third kappa shape index (κ3) is 6.38. The quantitative estimate of drug-likeness (QED) is 0.330. The van der Waals surface area contributed by atoms with Gasteiger partial charge in [-0.3, -0.25) is 9.36 Å². The Morgan fingerprint density at radius 2 is 1.93 bits per heavy atom. The van der Waals surface area contributed by atoms with Crippen LogP contribution in [0.2, 0.25) is 0 Å². The van der Waals surface area contributed by atoms with E-state index in [0.29, 0.717) is 42.1 Å². The van der Waals surface area contributed by atoms with E-state index >= 15 is 0 Å². The van der Waals surface area contributed by atoms with Gasteiger partial charge in [-0.15, -0.1) is 0 Å². The van der Waals surface area contributed by atoms with Crippen molar-refractivity contribution in [2.24, 2.45) is 4.99 Å². The first kappa shape index (κ1) is 30.1. The van der Waals surface area contributed by atoms with E-state index < -0.39 is 24.6 Å². The Bertz CT molecular complexity index is 1710. The van der Waals surface area contributed by atoms with Crippen molar-refractivity contribution < 1.29 is 33.6 Å². The average molecular weight is 646 g/mol. The van der Waals surface area contributed by atoms with E-state index in [1.165, 1.54) is 23.0 Å². The minimum atomic E-state index is -1.12. The van der Waals surface area contributed by atoms with Crippen molar-refractivity contribution >= 4 is 45.3 Å². The van der Waals surface area contributed by atoms with Crippen molar-refractivity contribution in [2.45, 2.75) is 39.8 Å². The van der Waals surface area contributed by atoms with Gasteiger partial charge < -0.3 is 24.1 Å². The van der Waals surface area contributed by atoms with Gasteiger partial charge in [-0.25, -0.2) is 14.6 Å². The first-order valence-corrected chi connectivity index (χ1v) is 14.3. The Morgan fingerprint density at radius 1 is 1.20 bits per heavy atom. The number of carbonyl (C=O) groups is 2. The van der Waals surface area contributed by atoms with Crippen molar-refractivity contribution in [3.05, 3.63) is 83.0 Å². The molecule has 1 atom stereocenters. The molecule has 1 aliphatic heterocycles. The number of carbonyl (C=O) groups excluding carboxylic acids is 1. The molecule has 1 aromatic heterocycles. The molecule has 216 valence electrons. The van der Waals surface area contributed by atoms with Gasteiger partial charge in [0.25, 0.3) is 5.56 Å². The lowest BCUT2D eigenvalue weighted by atomic mass is 9.95. The minimum absolute atomic E-state index is 0.141. The highest BCUT2D eigenvalue weighted by atomic mass is 79.9. The Hall–Kier alpha value is -3.90. The van der Waals surface area contributed by atoms with Crippen LogP contribution in [-0.2, 0) is 14.3 Å². The van der Waals surface area contributed by atoms with E-state index in [9.17, 15) is 14.4 Å². The van der Waals surface area contributed by atoms with Crippen molar-refractivity contribution in [1.29, 1.82) is 0 Å². The number of hydrogen-bond donors (Lipinski definition) is 1. The van der Waals surface area contributed by atoms with Crippen LogP contribution in [0.15, 0.2) is 61.9 Å². The predicted octanol–water partition coefficient (Wildman–Crippen LogP) is 3.82. The number of ether oxygens (including phenoxy) is 4. The Labute approximate surface area is 248 Å². The number of carboxylic acid groups (broad SMARTS) is 1. The summed E-state index contributed by atoms with van der Waals surface area (Å²) >= 11 is 4.66. The third-order valence-electron chi connectivity index (χ3n) is 6.01. The van der Waals surface area contributed by atoms with Crippen molar-refractivity contribution in [1.82, 2.24) is 4.57 Å². The van der Waals surface area contributed by atoms with E-state index in [1.54, 1.807) is 38.1 Å². The summed E-state index contributed by atoms with van der Waals surface area (Å²) in [6.45, 7) is 6.88. The molecule has 0 spiro atoms. The van der Waals surface area contributed by atoms with Gasteiger partial charge in [0.1, 0.15) is 11.8 Å². The van der Waals surface area contributed by atoms with E-state index in [0.717, 1.165) is 0 Å². The van der Waals surface area contributed by atoms with Crippen LogP contribution in [0.4, 0.5) is 0 Å². The number of allylic oxidation sites excluding steroid dienone is 1. The van der Waals surface area contributed by atoms with E-state index in [-0.39, 0.29) is 29.6 Å². The summed E-state index contributed by atoms with van der Waals surface area (Å²) in [5, 5.41) is 8.96. The number of nitrogens with zero attached hydrogens (tertiary/aromatic N) is 2. The summed E-state index contributed by atoms with van der Waals surface area (Å²) in [7, 11) is 1.44. The molecular formula is C29H29BrN2O8S. The fourth-order valence-electron chi connectivity index (χ4n) is 4.37. The highest BCUT2D eigenvalue weighted by molar-refractivity contribution is 9.10. The zero-order valence-electron chi connectivity index (χ0n) is 23.1. The number of carboxylic acids is 1. The monoisotopic (exact) mass is 644 g/mol. The lowest BCUT2D eigenvalue weighted by Crippen LogP contribution is -2.40. The van der Waals surface area contributed by atoms with Gasteiger partial charge in [0.15, 0.2) is 22.9 Å². The Balaban J connectivity index is 1.93. The number of thiazole rings is 1. The van der Waals surface area contributed by atoms with Crippen LogP contribution < -0.4 is 29.1 Å². The van der Waals surface area contributed by atoms with Gasteiger partial charge in [-0.05, 0) is 57.5 Å². The summed E-state index contributed by atoms with van der Waals surface area (Å²) < 4.78 is 24.6. The second-order valence-corrected chi connectivity index (χ2v) is 11.1. The third-order valence-corrected chi connectivity index (χ3v) is 7.68. The van der Waals surface area contributed by atoms with Crippen LogP contribution in [0, 0.1) is 0 Å². The summed E-state index contributed by atoms with van der Waals surface area (Å²) in [6.07, 6.45) is 1.53. The van der Waals surface area contributed by atoms with Gasteiger partial charge in [0, 0.05) is 10.0 Å². The number of aliphatic carboxylic acids is 1. The van der Waals surface area contributed by atoms with Crippen molar-refractivity contribution in [2.75, 3.05) is 20.3 Å². The summed E-state index contributed by atoms with van der Waals surface area (Å²) in [5.74, 6) is -0.607. The maximum atomic E-state index is 14.0. The maximum Gasteiger partial charge on any atom is 0.341 e. The first-order chi connectivity index (χ1) is 19.5. The van der Waals surface area contributed by atoms with Gasteiger partial charge in [0.05, 0.1) is 35.6 Å². The van der Waals surface area contributed by atoms with Crippen molar-refractivity contribution in [3.63, 3.8) is 0 Å². The number of rotatable bonds is 10. The number of benzene rings is 2. The Kier molecular flexibility index (Phi) is 9.34. The molecule has 0 aliphatic carbocycles. The van der Waals surface area contributed by atoms with E-state index in [1.807, 2.05) is 32.0 Å². The highest BCUT2D eigenvalue weighted by Gasteiger charge is 2.35. The molecule has 10 nitrogen and oxygen atoms in total. The number of halogens is 1. The standard InChI is InChI=1S/C29H29BrN2O8S/c1-6-38-28(36)25-16(4)31-29-32(26(25)18-9-7-8-10-20(18)40-15(2)3)27(35)23(41-29)12-17-11-21(37-5)22(13-19(17)30)39-14-24(33)34/h7-13,15,26H,6,14H2,1-5H3,(H,33,34)/b23-12+/t26-/m0/s1. The molecule has 3 aromatic rings. The number of methoxy groups -OCH3 is 1. The lowest BCUT2D eigenvalue weighted by molar-refractivity contribution is -0.140. The van der Waals surface area contributed by atoms with E-state index in [2.05, 4.69) is 20.9 Å². The maximum absolute atomic E-state index is 14.0. The van der Waals surface area contributed by atoms with E-state index in [4.69, 9.17) is 24.1 Å². The van der Waals surface area contributed by atoms with Crippen LogP contribution >= 0.6 is 27.3 Å². The molecule has 2 aromatic carbocycles.